The molecule has 0 saturated carbocycles. The summed E-state index contributed by atoms with van der Waals surface area (Å²) in [6, 6.07) is 8.17. The Labute approximate surface area is 192 Å². The maximum Gasteiger partial charge on any atom is 0.586 e. The van der Waals surface area contributed by atoms with Crippen LogP contribution in [0.3, 0.4) is 0 Å². The van der Waals surface area contributed by atoms with E-state index in [1.165, 1.54) is 35.6 Å². The van der Waals surface area contributed by atoms with Gasteiger partial charge in [0.1, 0.15) is 5.82 Å². The maximum atomic E-state index is 13.4. The van der Waals surface area contributed by atoms with E-state index in [1.54, 1.807) is 32.2 Å². The summed E-state index contributed by atoms with van der Waals surface area (Å²) >= 11 is 1.21. The van der Waals surface area contributed by atoms with Crippen molar-refractivity contribution < 1.29 is 27.4 Å². The molecule has 3 aromatic rings. The molecule has 0 fully saturated rings. The highest BCUT2D eigenvalue weighted by molar-refractivity contribution is 7.15. The summed E-state index contributed by atoms with van der Waals surface area (Å²) in [7, 11) is 0. The number of halogens is 3. The third-order valence-electron chi connectivity index (χ3n) is 5.86. The van der Waals surface area contributed by atoms with E-state index < -0.39 is 17.8 Å². The molecule has 33 heavy (non-hydrogen) atoms. The van der Waals surface area contributed by atoms with Crippen molar-refractivity contribution in [3.05, 3.63) is 70.0 Å². The average molecular weight is 478 g/mol. The highest BCUT2D eigenvalue weighted by Gasteiger charge is 2.44. The first kappa shape index (κ1) is 23.1. The van der Waals surface area contributed by atoms with E-state index in [4.69, 9.17) is 5.73 Å². The lowest BCUT2D eigenvalue weighted by atomic mass is 9.79. The summed E-state index contributed by atoms with van der Waals surface area (Å²) in [6.07, 6.45) is -1.77. The molecule has 174 valence electrons. The number of aromatic nitrogens is 1. The Morgan fingerprint density at radius 3 is 2.67 bits per heavy atom. The van der Waals surface area contributed by atoms with Gasteiger partial charge in [-0.05, 0) is 61.2 Å². The topological polar surface area (TPSA) is 86.5 Å². The normalized spacial score (nSPS) is 16.8. The van der Waals surface area contributed by atoms with Gasteiger partial charge < -0.3 is 20.5 Å². The number of fused-ring (bicyclic) bond motifs is 1. The van der Waals surface area contributed by atoms with Gasteiger partial charge in [-0.25, -0.2) is 9.37 Å². The van der Waals surface area contributed by atoms with Crippen LogP contribution in [0.15, 0.2) is 42.6 Å². The van der Waals surface area contributed by atoms with Gasteiger partial charge in [-0.15, -0.1) is 8.78 Å². The zero-order valence-electron chi connectivity index (χ0n) is 18.1. The monoisotopic (exact) mass is 477 g/mol. The van der Waals surface area contributed by atoms with Crippen LogP contribution in [-0.4, -0.2) is 17.2 Å². The molecule has 10 heteroatoms. The number of nitrogens with one attached hydrogen (secondary N) is 1. The van der Waals surface area contributed by atoms with Crippen molar-refractivity contribution in [1.29, 1.82) is 0 Å². The summed E-state index contributed by atoms with van der Waals surface area (Å²) in [6.45, 7) is 5.30. The van der Waals surface area contributed by atoms with Crippen molar-refractivity contribution in [3.63, 3.8) is 0 Å². The van der Waals surface area contributed by atoms with Gasteiger partial charge in [-0.2, -0.15) is 0 Å². The SMILES string of the molecule is CCC(C)(C(=O)Nc1ncc([C@@H](N)c2ccc(F)cc2C)s1)c1ccc2c(c1)OC(F)(F)O2. The first-order valence-electron chi connectivity index (χ1n) is 10.2. The molecule has 4 rings (SSSR count). The molecular formula is C23H22F3N3O3S. The van der Waals surface area contributed by atoms with Crippen LogP contribution in [0.4, 0.5) is 18.3 Å². The first-order chi connectivity index (χ1) is 15.5. The smallest absolute Gasteiger partial charge is 0.395 e. The van der Waals surface area contributed by atoms with Gasteiger partial charge in [0.2, 0.25) is 5.91 Å². The van der Waals surface area contributed by atoms with E-state index in [1.807, 2.05) is 6.92 Å². The number of amides is 1. The van der Waals surface area contributed by atoms with Gasteiger partial charge in [0.15, 0.2) is 16.6 Å². The number of rotatable bonds is 6. The zero-order valence-corrected chi connectivity index (χ0v) is 18.9. The van der Waals surface area contributed by atoms with E-state index in [9.17, 15) is 18.0 Å². The fourth-order valence-electron chi connectivity index (χ4n) is 3.65. The number of thiazole rings is 1. The van der Waals surface area contributed by atoms with Crippen molar-refractivity contribution in [1.82, 2.24) is 4.98 Å². The minimum Gasteiger partial charge on any atom is -0.395 e. The van der Waals surface area contributed by atoms with E-state index >= 15 is 0 Å². The van der Waals surface area contributed by atoms with Gasteiger partial charge in [0.25, 0.3) is 0 Å². The Morgan fingerprint density at radius 2 is 1.97 bits per heavy atom. The summed E-state index contributed by atoms with van der Waals surface area (Å²) in [4.78, 5) is 18.2. The number of ether oxygens (including phenoxy) is 2. The largest absolute Gasteiger partial charge is 0.586 e. The molecule has 0 aliphatic carbocycles. The molecular weight excluding hydrogens is 455 g/mol. The third kappa shape index (κ3) is 4.40. The van der Waals surface area contributed by atoms with Crippen molar-refractivity contribution in [2.45, 2.75) is 44.9 Å². The van der Waals surface area contributed by atoms with Crippen LogP contribution in [0, 0.1) is 12.7 Å². The molecule has 1 aromatic heterocycles. The molecule has 1 unspecified atom stereocenters. The van der Waals surface area contributed by atoms with Crippen molar-refractivity contribution in [2.75, 3.05) is 5.32 Å². The second kappa shape index (κ2) is 8.35. The fourth-order valence-corrected chi connectivity index (χ4v) is 4.48. The maximum absolute atomic E-state index is 13.4. The molecule has 0 radical (unpaired) electrons. The van der Waals surface area contributed by atoms with Crippen LogP contribution in [0.25, 0.3) is 0 Å². The summed E-state index contributed by atoms with van der Waals surface area (Å²) in [5.41, 5.74) is 7.26. The minimum absolute atomic E-state index is 0.0859. The van der Waals surface area contributed by atoms with E-state index in [0.29, 0.717) is 27.6 Å². The molecule has 2 atom stereocenters. The number of anilines is 1. The second-order valence-corrected chi connectivity index (χ2v) is 9.08. The number of hydrogen-bond acceptors (Lipinski definition) is 6. The lowest BCUT2D eigenvalue weighted by Crippen LogP contribution is -2.37. The van der Waals surface area contributed by atoms with Crippen LogP contribution >= 0.6 is 11.3 Å². The van der Waals surface area contributed by atoms with Crippen molar-refractivity contribution >= 4 is 22.4 Å². The van der Waals surface area contributed by atoms with Gasteiger partial charge in [0.05, 0.1) is 11.5 Å². The summed E-state index contributed by atoms with van der Waals surface area (Å²) in [5, 5.41) is 3.14. The Hall–Kier alpha value is -3.11. The molecule has 0 saturated heterocycles. The Morgan fingerprint density at radius 1 is 1.24 bits per heavy atom. The lowest BCUT2D eigenvalue weighted by molar-refractivity contribution is -0.286. The van der Waals surface area contributed by atoms with Crippen LogP contribution in [0.1, 0.15) is 47.9 Å². The number of alkyl halides is 2. The molecule has 1 amide bonds. The van der Waals surface area contributed by atoms with Crippen molar-refractivity contribution in [3.8, 4) is 11.5 Å². The zero-order chi connectivity index (χ0) is 24.0. The Bertz CT molecular complexity index is 1220. The average Bonchev–Trinajstić information content (AvgIpc) is 3.34. The summed E-state index contributed by atoms with van der Waals surface area (Å²) < 4.78 is 49.1. The molecule has 1 aliphatic rings. The minimum atomic E-state index is -3.73. The standard InChI is InChI=1S/C23H22F3N3O3S/c1-4-22(3,13-5-8-16-17(10-13)32-23(25,26)31-16)20(30)29-21-28-11-18(33-21)19(27)15-7-6-14(24)9-12(15)2/h5-11,19H,4,27H2,1-3H3,(H,28,29,30)/t19-,22?/m0/s1. The molecule has 0 spiro atoms. The number of carbonyl (C=O) groups excluding carboxylic acids is 1. The van der Waals surface area contributed by atoms with E-state index in [-0.39, 0.29) is 23.2 Å². The van der Waals surface area contributed by atoms with Crippen LogP contribution in [-0.2, 0) is 10.2 Å². The molecule has 6 nitrogen and oxygen atoms in total. The third-order valence-corrected chi connectivity index (χ3v) is 6.86. The first-order valence-corrected chi connectivity index (χ1v) is 11.0. The fraction of sp³-hybridized carbons (Fsp3) is 0.304. The predicted octanol–water partition coefficient (Wildman–Crippen LogP) is 5.27. The number of aryl methyl sites for hydroxylation is 1. The number of carbonyl (C=O) groups is 1. The van der Waals surface area contributed by atoms with Gasteiger partial charge in [-0.1, -0.05) is 30.4 Å². The quantitative estimate of drug-likeness (QED) is 0.505. The summed E-state index contributed by atoms with van der Waals surface area (Å²) in [5.74, 6) is -0.908. The number of nitrogens with zero attached hydrogens (tertiary/aromatic N) is 1. The molecule has 0 bridgehead atoms. The van der Waals surface area contributed by atoms with Crippen molar-refractivity contribution in [2.24, 2.45) is 5.73 Å². The van der Waals surface area contributed by atoms with Gasteiger partial charge in [-0.3, -0.25) is 4.79 Å². The number of nitrogens with two attached hydrogens (primary N) is 1. The Kier molecular flexibility index (Phi) is 5.83. The van der Waals surface area contributed by atoms with E-state index in [0.717, 1.165) is 5.56 Å². The Balaban J connectivity index is 1.54. The highest BCUT2D eigenvalue weighted by Crippen LogP contribution is 2.44. The van der Waals surface area contributed by atoms with Crippen LogP contribution < -0.4 is 20.5 Å². The van der Waals surface area contributed by atoms with Gasteiger partial charge >= 0.3 is 6.29 Å². The van der Waals surface area contributed by atoms with E-state index in [2.05, 4.69) is 19.8 Å². The molecule has 2 aromatic carbocycles. The highest BCUT2D eigenvalue weighted by atomic mass is 32.1. The molecule has 2 heterocycles. The van der Waals surface area contributed by atoms with Crippen LogP contribution in [0.5, 0.6) is 11.5 Å². The molecule has 1 aliphatic heterocycles. The second-order valence-electron chi connectivity index (χ2n) is 8.02. The number of benzene rings is 2. The molecule has 3 N–H and O–H groups in total. The number of hydrogen-bond donors (Lipinski definition) is 2. The lowest BCUT2D eigenvalue weighted by Gasteiger charge is -2.27. The van der Waals surface area contributed by atoms with Gasteiger partial charge in [0, 0.05) is 11.1 Å². The van der Waals surface area contributed by atoms with Crippen LogP contribution in [0.2, 0.25) is 0 Å². The predicted molar refractivity (Wildman–Crippen MR) is 118 cm³/mol.